The summed E-state index contributed by atoms with van der Waals surface area (Å²) in [6.07, 6.45) is 2.41. The molecule has 5 nitrogen and oxygen atoms in total. The van der Waals surface area contributed by atoms with Crippen molar-refractivity contribution in [3.05, 3.63) is 28.2 Å². The van der Waals surface area contributed by atoms with E-state index in [-0.39, 0.29) is 11.8 Å². The van der Waals surface area contributed by atoms with Crippen LogP contribution in [-0.4, -0.2) is 49.4 Å². The Bertz CT molecular complexity index is 645. The van der Waals surface area contributed by atoms with Crippen molar-refractivity contribution in [1.82, 2.24) is 10.2 Å². The summed E-state index contributed by atoms with van der Waals surface area (Å²) in [5, 5.41) is 4.10. The van der Waals surface area contributed by atoms with Gasteiger partial charge >= 0.3 is 0 Å². The van der Waals surface area contributed by atoms with Gasteiger partial charge < -0.3 is 15.1 Å². The Hall–Kier alpha value is -1.30. The van der Waals surface area contributed by atoms with Crippen LogP contribution in [-0.2, 0) is 9.59 Å². The summed E-state index contributed by atoms with van der Waals surface area (Å²) in [4.78, 5) is 28.9. The predicted octanol–water partition coefficient (Wildman–Crippen LogP) is 2.56. The van der Waals surface area contributed by atoms with E-state index in [2.05, 4.69) is 5.32 Å². The average molecular weight is 370 g/mol. The first-order chi connectivity index (χ1) is 11.5. The topological polar surface area (TPSA) is 52.7 Å². The molecule has 1 atom stereocenters. The summed E-state index contributed by atoms with van der Waals surface area (Å²) < 4.78 is 0. The molecule has 2 aliphatic heterocycles. The van der Waals surface area contributed by atoms with Gasteiger partial charge in [0.05, 0.1) is 10.0 Å². The molecule has 2 aliphatic rings. The zero-order chi connectivity index (χ0) is 17.3. The predicted molar refractivity (Wildman–Crippen MR) is 95.6 cm³/mol. The van der Waals surface area contributed by atoms with Gasteiger partial charge in [0.2, 0.25) is 11.8 Å². The summed E-state index contributed by atoms with van der Waals surface area (Å²) >= 11 is 12.0. The number of benzene rings is 1. The minimum atomic E-state index is -0.578. The first kappa shape index (κ1) is 17.5. The van der Waals surface area contributed by atoms with Crippen molar-refractivity contribution in [3.8, 4) is 0 Å². The van der Waals surface area contributed by atoms with Gasteiger partial charge in [-0.15, -0.1) is 0 Å². The number of carbonyl (C=O) groups is 2. The number of carbonyl (C=O) groups excluding carboxylic acids is 2. The highest BCUT2D eigenvalue weighted by atomic mass is 35.5. The minimum absolute atomic E-state index is 0.0443. The zero-order valence-electron chi connectivity index (χ0n) is 13.6. The molecule has 2 amide bonds. The van der Waals surface area contributed by atoms with Gasteiger partial charge in [-0.3, -0.25) is 9.59 Å². The Morgan fingerprint density at radius 3 is 2.46 bits per heavy atom. The normalized spacial score (nSPS) is 22.3. The molecule has 2 saturated heterocycles. The fraction of sp³-hybridized carbons (Fsp3) is 0.529. The van der Waals surface area contributed by atoms with E-state index in [0.29, 0.717) is 47.8 Å². The minimum Gasteiger partial charge on any atom is -0.342 e. The van der Waals surface area contributed by atoms with Gasteiger partial charge in [-0.25, -0.2) is 0 Å². The van der Waals surface area contributed by atoms with Crippen molar-refractivity contribution >= 4 is 40.7 Å². The van der Waals surface area contributed by atoms with Gasteiger partial charge in [0, 0.05) is 31.4 Å². The molecule has 1 N–H and O–H groups in total. The highest BCUT2D eigenvalue weighted by molar-refractivity contribution is 6.42. The van der Waals surface area contributed by atoms with Crippen LogP contribution in [0.15, 0.2) is 18.2 Å². The largest absolute Gasteiger partial charge is 0.342 e. The smallest absolute Gasteiger partial charge is 0.239 e. The molecule has 0 saturated carbocycles. The van der Waals surface area contributed by atoms with E-state index in [1.165, 1.54) is 0 Å². The molecule has 24 heavy (non-hydrogen) atoms. The third-order valence-electron chi connectivity index (χ3n) is 4.93. The van der Waals surface area contributed by atoms with Gasteiger partial charge in [-0.05, 0) is 44.5 Å². The summed E-state index contributed by atoms with van der Waals surface area (Å²) in [6, 6.07) is 5.57. The highest BCUT2D eigenvalue weighted by Gasteiger charge is 2.40. The quantitative estimate of drug-likeness (QED) is 0.833. The molecule has 2 fully saturated rings. The molecule has 0 aliphatic carbocycles. The Balaban J connectivity index is 1.67. The Morgan fingerprint density at radius 2 is 1.83 bits per heavy atom. The van der Waals surface area contributed by atoms with Crippen molar-refractivity contribution < 1.29 is 9.59 Å². The third kappa shape index (κ3) is 3.39. The summed E-state index contributed by atoms with van der Waals surface area (Å²) in [7, 11) is 1.94. The van der Waals surface area contributed by atoms with Crippen LogP contribution in [0.2, 0.25) is 10.0 Å². The highest BCUT2D eigenvalue weighted by Crippen LogP contribution is 2.32. The van der Waals surface area contributed by atoms with Crippen molar-refractivity contribution in [2.24, 2.45) is 5.92 Å². The maximum absolute atomic E-state index is 12.7. The Morgan fingerprint density at radius 1 is 1.12 bits per heavy atom. The van der Waals surface area contributed by atoms with Gasteiger partial charge in [0.1, 0.15) is 5.92 Å². The Labute approximate surface area is 151 Å². The van der Waals surface area contributed by atoms with Gasteiger partial charge in [-0.2, -0.15) is 0 Å². The number of nitrogens with zero attached hydrogens (tertiary/aromatic N) is 2. The van der Waals surface area contributed by atoms with Crippen LogP contribution < -0.4 is 10.2 Å². The van der Waals surface area contributed by atoms with Gasteiger partial charge in [-0.1, -0.05) is 23.2 Å². The number of likely N-dealkylation sites (tertiary alicyclic amines) is 1. The molecule has 130 valence electrons. The number of hydrogen-bond donors (Lipinski definition) is 1. The number of nitrogens with one attached hydrogen (secondary N) is 1. The average Bonchev–Trinajstić information content (AvgIpc) is 2.98. The number of halogens is 2. The van der Waals surface area contributed by atoms with E-state index in [0.717, 1.165) is 12.8 Å². The van der Waals surface area contributed by atoms with E-state index in [9.17, 15) is 9.59 Å². The van der Waals surface area contributed by atoms with Crippen LogP contribution in [0.3, 0.4) is 0 Å². The van der Waals surface area contributed by atoms with Crippen LogP contribution in [0.4, 0.5) is 5.69 Å². The maximum atomic E-state index is 12.7. The van der Waals surface area contributed by atoms with Crippen LogP contribution in [0, 0.1) is 5.92 Å². The molecule has 1 aromatic rings. The lowest BCUT2D eigenvalue weighted by molar-refractivity contribution is -0.140. The number of amides is 2. The maximum Gasteiger partial charge on any atom is 0.239 e. The molecule has 0 radical (unpaired) electrons. The second kappa shape index (κ2) is 7.30. The second-order valence-electron chi connectivity index (χ2n) is 6.32. The first-order valence-electron chi connectivity index (χ1n) is 8.23. The first-order valence-corrected chi connectivity index (χ1v) is 8.99. The Kier molecular flexibility index (Phi) is 5.33. The van der Waals surface area contributed by atoms with Crippen LogP contribution >= 0.6 is 23.2 Å². The fourth-order valence-corrected chi connectivity index (χ4v) is 3.72. The van der Waals surface area contributed by atoms with Crippen molar-refractivity contribution in [2.75, 3.05) is 31.6 Å². The lowest BCUT2D eigenvalue weighted by Crippen LogP contribution is -2.47. The monoisotopic (exact) mass is 369 g/mol. The number of anilines is 1. The van der Waals surface area contributed by atoms with E-state index in [1.54, 1.807) is 23.1 Å². The number of piperidine rings is 1. The zero-order valence-corrected chi connectivity index (χ0v) is 15.1. The van der Waals surface area contributed by atoms with Gasteiger partial charge in [0.15, 0.2) is 0 Å². The fourth-order valence-electron chi connectivity index (χ4n) is 3.43. The third-order valence-corrected chi connectivity index (χ3v) is 5.67. The molecule has 1 unspecified atom stereocenters. The summed E-state index contributed by atoms with van der Waals surface area (Å²) in [5.74, 6) is -0.767. The second-order valence-corrected chi connectivity index (χ2v) is 7.13. The lowest BCUT2D eigenvalue weighted by atomic mass is 10.0. The molecule has 2 heterocycles. The van der Waals surface area contributed by atoms with E-state index in [4.69, 9.17) is 23.2 Å². The summed E-state index contributed by atoms with van der Waals surface area (Å²) in [5.41, 5.74) is 0.693. The number of rotatable bonds is 3. The summed E-state index contributed by atoms with van der Waals surface area (Å²) in [6.45, 7) is 1.95. The van der Waals surface area contributed by atoms with Gasteiger partial charge in [0.25, 0.3) is 0 Å². The molecule has 3 rings (SSSR count). The SMILES string of the molecule is CNC1CCN(C(=O)C2CCN(c3ccc(Cl)c(Cl)c3)C2=O)CC1. The van der Waals surface area contributed by atoms with Crippen molar-refractivity contribution in [1.29, 1.82) is 0 Å². The molecular formula is C17H21Cl2N3O2. The standard InChI is InChI=1S/C17H21Cl2N3O2/c1-20-11-4-7-21(8-5-11)16(23)13-6-9-22(17(13)24)12-2-3-14(18)15(19)10-12/h2-3,10-11,13,20H,4-9H2,1H3. The van der Waals surface area contributed by atoms with Crippen LogP contribution in [0.5, 0.6) is 0 Å². The lowest BCUT2D eigenvalue weighted by Gasteiger charge is -2.33. The molecule has 0 spiro atoms. The molecule has 7 heteroatoms. The molecule has 0 bridgehead atoms. The molecule has 1 aromatic carbocycles. The van der Waals surface area contributed by atoms with Crippen LogP contribution in [0.1, 0.15) is 19.3 Å². The number of hydrogen-bond acceptors (Lipinski definition) is 3. The van der Waals surface area contributed by atoms with E-state index in [1.807, 2.05) is 11.9 Å². The van der Waals surface area contributed by atoms with Crippen LogP contribution in [0.25, 0.3) is 0 Å². The van der Waals surface area contributed by atoms with Crippen molar-refractivity contribution in [3.63, 3.8) is 0 Å². The van der Waals surface area contributed by atoms with Crippen molar-refractivity contribution in [2.45, 2.75) is 25.3 Å². The van der Waals surface area contributed by atoms with E-state index < -0.39 is 5.92 Å². The molecular weight excluding hydrogens is 349 g/mol. The molecule has 0 aromatic heterocycles. The van der Waals surface area contributed by atoms with E-state index >= 15 is 0 Å².